The van der Waals surface area contributed by atoms with Crippen molar-refractivity contribution >= 4 is 46.2 Å². The van der Waals surface area contributed by atoms with Crippen molar-refractivity contribution in [2.75, 3.05) is 18.2 Å². The number of carbonyl (C=O) groups excluding carboxylic acids is 1. The Bertz CT molecular complexity index is 1030. The zero-order chi connectivity index (χ0) is 21.6. The number of halogens is 1. The summed E-state index contributed by atoms with van der Waals surface area (Å²) in [5.74, 6) is 2.09. The van der Waals surface area contributed by atoms with Gasteiger partial charge in [-0.05, 0) is 37.1 Å². The topological polar surface area (TPSA) is 69.0 Å². The van der Waals surface area contributed by atoms with E-state index in [0.717, 1.165) is 35.3 Å². The van der Waals surface area contributed by atoms with Gasteiger partial charge in [0.05, 0.1) is 28.6 Å². The fourth-order valence-electron chi connectivity index (χ4n) is 3.81. The maximum Gasteiger partial charge on any atom is 0.191 e. The highest BCUT2D eigenvalue weighted by Gasteiger charge is 2.23. The molecule has 1 aliphatic rings. The minimum Gasteiger partial charge on any atom is -0.497 e. The second kappa shape index (κ2) is 10.5. The summed E-state index contributed by atoms with van der Waals surface area (Å²) < 4.78 is 8.18. The van der Waals surface area contributed by atoms with Gasteiger partial charge in [0, 0.05) is 17.8 Å². The van der Waals surface area contributed by atoms with Crippen LogP contribution in [0, 0.1) is 0 Å². The number of anilines is 1. The van der Waals surface area contributed by atoms with Crippen LogP contribution >= 0.6 is 34.7 Å². The van der Waals surface area contributed by atoms with Gasteiger partial charge < -0.3 is 14.6 Å². The van der Waals surface area contributed by atoms with E-state index < -0.39 is 0 Å². The molecular formula is C22H25ClN4O2S2. The Labute approximate surface area is 195 Å². The highest BCUT2D eigenvalue weighted by molar-refractivity contribution is 7.99. The molecule has 0 bridgehead atoms. The molecule has 2 aromatic heterocycles. The van der Waals surface area contributed by atoms with Crippen LogP contribution in [0.1, 0.15) is 53.6 Å². The number of hydrogen-bond donors (Lipinski definition) is 1. The van der Waals surface area contributed by atoms with Crippen molar-refractivity contribution in [2.45, 2.75) is 49.8 Å². The lowest BCUT2D eigenvalue weighted by Crippen LogP contribution is -2.18. The van der Waals surface area contributed by atoms with Crippen molar-refractivity contribution in [3.8, 4) is 5.75 Å². The number of benzene rings is 1. The first-order valence-corrected chi connectivity index (χ1v) is 12.5. The van der Waals surface area contributed by atoms with Crippen LogP contribution in [0.5, 0.6) is 5.75 Å². The highest BCUT2D eigenvalue weighted by Crippen LogP contribution is 2.33. The number of ketones is 1. The van der Waals surface area contributed by atoms with Crippen LogP contribution in [0.4, 0.5) is 5.69 Å². The lowest BCUT2D eigenvalue weighted by Gasteiger charge is -2.25. The third-order valence-corrected chi connectivity index (χ3v) is 7.59. The van der Waals surface area contributed by atoms with E-state index in [1.165, 1.54) is 42.4 Å². The van der Waals surface area contributed by atoms with Crippen LogP contribution in [0.3, 0.4) is 0 Å². The predicted octanol–water partition coefficient (Wildman–Crippen LogP) is 6.09. The number of aromatic nitrogens is 3. The van der Waals surface area contributed by atoms with E-state index >= 15 is 0 Å². The molecule has 1 N–H and O–H groups in total. The number of ether oxygens (including phenoxy) is 1. The summed E-state index contributed by atoms with van der Waals surface area (Å²) in [5.41, 5.74) is 0.969. The number of carbonyl (C=O) groups is 1. The quantitative estimate of drug-likeness (QED) is 0.297. The van der Waals surface area contributed by atoms with E-state index in [1.54, 1.807) is 19.2 Å². The second-order valence-electron chi connectivity index (χ2n) is 7.46. The fourth-order valence-corrected chi connectivity index (χ4v) is 5.79. The monoisotopic (exact) mass is 476 g/mol. The molecule has 1 saturated carbocycles. The molecule has 2 heterocycles. The molecule has 1 fully saturated rings. The number of thioether (sulfide) groups is 1. The van der Waals surface area contributed by atoms with Crippen molar-refractivity contribution < 1.29 is 9.53 Å². The molecule has 164 valence electrons. The molecular weight excluding hydrogens is 452 g/mol. The van der Waals surface area contributed by atoms with Gasteiger partial charge in [0.2, 0.25) is 0 Å². The van der Waals surface area contributed by atoms with Gasteiger partial charge in [0.15, 0.2) is 16.8 Å². The minimum atomic E-state index is 0.0659. The Balaban J connectivity index is 1.49. The zero-order valence-electron chi connectivity index (χ0n) is 17.3. The first-order chi connectivity index (χ1) is 15.1. The normalized spacial score (nSPS) is 14.5. The largest absolute Gasteiger partial charge is 0.497 e. The zero-order valence-corrected chi connectivity index (χ0v) is 19.7. The summed E-state index contributed by atoms with van der Waals surface area (Å²) in [6.45, 7) is 0.561. The number of rotatable bonds is 9. The molecule has 31 heavy (non-hydrogen) atoms. The molecule has 0 saturated heterocycles. The summed E-state index contributed by atoms with van der Waals surface area (Å²) >= 11 is 8.75. The van der Waals surface area contributed by atoms with Crippen molar-refractivity contribution in [3.05, 3.63) is 51.4 Å². The van der Waals surface area contributed by atoms with Crippen LogP contribution in [0.2, 0.25) is 4.34 Å². The van der Waals surface area contributed by atoms with Crippen LogP contribution in [-0.2, 0) is 6.54 Å². The molecule has 1 aliphatic carbocycles. The van der Waals surface area contributed by atoms with Gasteiger partial charge in [0.1, 0.15) is 5.75 Å². The summed E-state index contributed by atoms with van der Waals surface area (Å²) in [5, 5.41) is 13.2. The van der Waals surface area contributed by atoms with Crippen molar-refractivity contribution in [3.63, 3.8) is 0 Å². The van der Waals surface area contributed by atoms with Crippen LogP contribution in [0.25, 0.3) is 0 Å². The van der Waals surface area contributed by atoms with E-state index in [-0.39, 0.29) is 5.78 Å². The van der Waals surface area contributed by atoms with E-state index in [2.05, 4.69) is 20.1 Å². The lowest BCUT2D eigenvalue weighted by molar-refractivity contribution is 0.102. The Morgan fingerprint density at radius 1 is 1.26 bits per heavy atom. The minimum absolute atomic E-state index is 0.0659. The molecule has 6 nitrogen and oxygen atoms in total. The van der Waals surface area contributed by atoms with Crippen molar-refractivity contribution in [2.24, 2.45) is 0 Å². The SMILES string of the molecule is COc1cccc(NCc2nnc(SCC(=O)c3ccc(Cl)s3)n2C2CCCCC2)c1. The molecule has 0 atom stereocenters. The fraction of sp³-hybridized carbons (Fsp3) is 0.409. The maximum atomic E-state index is 12.5. The molecule has 3 aromatic rings. The van der Waals surface area contributed by atoms with Gasteiger partial charge in [-0.1, -0.05) is 48.7 Å². The Hall–Kier alpha value is -2.03. The van der Waals surface area contributed by atoms with Gasteiger partial charge in [-0.15, -0.1) is 21.5 Å². The number of Topliss-reactive ketones (excluding diaryl/α,β-unsaturated/α-hetero) is 1. The van der Waals surface area contributed by atoms with E-state index in [4.69, 9.17) is 16.3 Å². The maximum absolute atomic E-state index is 12.5. The van der Waals surface area contributed by atoms with Crippen LogP contribution < -0.4 is 10.1 Å². The van der Waals surface area contributed by atoms with E-state index in [0.29, 0.717) is 27.6 Å². The van der Waals surface area contributed by atoms with Gasteiger partial charge in [0.25, 0.3) is 0 Å². The summed E-state index contributed by atoms with van der Waals surface area (Å²) in [6.07, 6.45) is 5.93. The average molecular weight is 477 g/mol. The van der Waals surface area contributed by atoms with E-state index in [1.807, 2.05) is 24.3 Å². The molecule has 0 spiro atoms. The molecule has 4 rings (SSSR count). The second-order valence-corrected chi connectivity index (χ2v) is 10.1. The Kier molecular flexibility index (Phi) is 7.53. The van der Waals surface area contributed by atoms with Crippen molar-refractivity contribution in [1.29, 1.82) is 0 Å². The lowest BCUT2D eigenvalue weighted by atomic mass is 9.95. The predicted molar refractivity (Wildman–Crippen MR) is 127 cm³/mol. The van der Waals surface area contributed by atoms with Gasteiger partial charge >= 0.3 is 0 Å². The first-order valence-electron chi connectivity index (χ1n) is 10.4. The average Bonchev–Trinajstić information content (AvgIpc) is 3.43. The highest BCUT2D eigenvalue weighted by atomic mass is 35.5. The Morgan fingerprint density at radius 2 is 2.10 bits per heavy atom. The summed E-state index contributed by atoms with van der Waals surface area (Å²) in [7, 11) is 1.66. The molecule has 0 radical (unpaired) electrons. The van der Waals surface area contributed by atoms with E-state index in [9.17, 15) is 4.79 Å². The smallest absolute Gasteiger partial charge is 0.191 e. The van der Waals surface area contributed by atoms with Crippen LogP contribution in [-0.4, -0.2) is 33.4 Å². The first kappa shape index (κ1) is 22.2. The number of methoxy groups -OCH3 is 1. The molecule has 1 aromatic carbocycles. The number of hydrogen-bond acceptors (Lipinski definition) is 7. The van der Waals surface area contributed by atoms with Crippen LogP contribution in [0.15, 0.2) is 41.6 Å². The summed E-state index contributed by atoms with van der Waals surface area (Å²) in [6, 6.07) is 11.8. The summed E-state index contributed by atoms with van der Waals surface area (Å²) in [4.78, 5) is 13.2. The van der Waals surface area contributed by atoms with Gasteiger partial charge in [-0.3, -0.25) is 4.79 Å². The third kappa shape index (κ3) is 5.61. The number of thiophene rings is 1. The Morgan fingerprint density at radius 3 is 2.84 bits per heavy atom. The number of nitrogens with one attached hydrogen (secondary N) is 1. The standard InChI is InChI=1S/C22H25ClN4O2S2/c1-29-17-9-5-6-15(12-17)24-13-21-25-26-22(27(21)16-7-3-2-4-8-16)30-14-18(28)19-10-11-20(23)31-19/h5-6,9-12,16,24H,2-4,7-8,13-14H2,1H3. The van der Waals surface area contributed by atoms with Crippen molar-refractivity contribution in [1.82, 2.24) is 14.8 Å². The molecule has 0 amide bonds. The third-order valence-electron chi connectivity index (χ3n) is 5.38. The number of nitrogens with zero attached hydrogens (tertiary/aromatic N) is 3. The molecule has 9 heteroatoms. The van der Waals surface area contributed by atoms with Gasteiger partial charge in [-0.25, -0.2) is 0 Å². The van der Waals surface area contributed by atoms with Gasteiger partial charge in [-0.2, -0.15) is 0 Å². The molecule has 0 unspecified atom stereocenters. The molecule has 0 aliphatic heterocycles.